The summed E-state index contributed by atoms with van der Waals surface area (Å²) in [5.41, 5.74) is 0.489. The molecule has 0 heterocycles. The fourth-order valence-electron chi connectivity index (χ4n) is 1.99. The van der Waals surface area contributed by atoms with Crippen LogP contribution in [0.1, 0.15) is 51.9 Å². The second-order valence-corrected chi connectivity index (χ2v) is 4.91. The number of hydrogen-bond donors (Lipinski definition) is 2. The van der Waals surface area contributed by atoms with E-state index in [1.54, 1.807) is 24.3 Å². The van der Waals surface area contributed by atoms with Crippen LogP contribution in [-0.2, 0) is 0 Å². The van der Waals surface area contributed by atoms with Gasteiger partial charge in [0.1, 0.15) is 5.75 Å². The molecule has 0 aliphatic heterocycles. The minimum absolute atomic E-state index is 0.489. The molecule has 3 nitrogen and oxygen atoms in total. The molecular weight excluding hydrogens is 239 g/mol. The summed E-state index contributed by atoms with van der Waals surface area (Å²) in [6.45, 7) is 2.96. The maximum atomic E-state index is 8.96. The van der Waals surface area contributed by atoms with Crippen molar-refractivity contribution in [3.8, 4) is 5.75 Å². The van der Waals surface area contributed by atoms with Gasteiger partial charge in [-0.05, 0) is 24.0 Å². The van der Waals surface area contributed by atoms with E-state index in [4.69, 9.17) is 14.8 Å². The molecule has 0 saturated carbocycles. The van der Waals surface area contributed by atoms with Crippen LogP contribution in [0.3, 0.4) is 0 Å². The molecule has 0 amide bonds. The van der Waals surface area contributed by atoms with Crippen LogP contribution in [0.15, 0.2) is 24.3 Å². The van der Waals surface area contributed by atoms with Gasteiger partial charge in [-0.25, -0.2) is 0 Å². The molecule has 19 heavy (non-hydrogen) atoms. The van der Waals surface area contributed by atoms with Crippen LogP contribution in [0, 0.1) is 0 Å². The normalized spacial score (nSPS) is 10.5. The van der Waals surface area contributed by atoms with Crippen LogP contribution in [0.2, 0.25) is 0 Å². The van der Waals surface area contributed by atoms with Crippen molar-refractivity contribution in [3.05, 3.63) is 24.3 Å². The highest BCUT2D eigenvalue weighted by atomic mass is 16.5. The summed E-state index contributed by atoms with van der Waals surface area (Å²) in [5, 5.41) is 17.9. The molecule has 1 aromatic carbocycles. The highest BCUT2D eigenvalue weighted by Gasteiger charge is 2.09. The van der Waals surface area contributed by atoms with Crippen molar-refractivity contribution < 1.29 is 14.8 Å². The quantitative estimate of drug-likeness (QED) is 0.504. The Hall–Kier alpha value is -0.995. The molecule has 0 spiro atoms. The van der Waals surface area contributed by atoms with E-state index in [2.05, 4.69) is 6.92 Å². The molecule has 0 unspecified atom stereocenters. The van der Waals surface area contributed by atoms with Gasteiger partial charge in [0.05, 0.1) is 6.61 Å². The van der Waals surface area contributed by atoms with Crippen molar-refractivity contribution in [1.29, 1.82) is 0 Å². The number of hydrogen-bond acceptors (Lipinski definition) is 3. The van der Waals surface area contributed by atoms with Crippen molar-refractivity contribution in [2.24, 2.45) is 0 Å². The first-order chi connectivity index (χ1) is 9.24. The maximum absolute atomic E-state index is 8.96. The van der Waals surface area contributed by atoms with E-state index in [9.17, 15) is 0 Å². The zero-order chi connectivity index (χ0) is 13.9. The molecule has 0 aliphatic rings. The van der Waals surface area contributed by atoms with Crippen molar-refractivity contribution >= 4 is 12.6 Å². The largest absolute Gasteiger partial charge is 0.494 e. The Morgan fingerprint density at radius 3 is 2.05 bits per heavy atom. The van der Waals surface area contributed by atoms with Crippen molar-refractivity contribution in [1.82, 2.24) is 0 Å². The third-order valence-corrected chi connectivity index (χ3v) is 3.19. The Morgan fingerprint density at radius 1 is 0.895 bits per heavy atom. The summed E-state index contributed by atoms with van der Waals surface area (Å²) in [6, 6.07) is 6.89. The van der Waals surface area contributed by atoms with Gasteiger partial charge in [0.15, 0.2) is 0 Å². The topological polar surface area (TPSA) is 49.7 Å². The van der Waals surface area contributed by atoms with Gasteiger partial charge in [-0.2, -0.15) is 0 Å². The minimum Gasteiger partial charge on any atom is -0.494 e. The fourth-order valence-corrected chi connectivity index (χ4v) is 1.99. The molecule has 4 heteroatoms. The number of ether oxygens (including phenoxy) is 1. The van der Waals surface area contributed by atoms with E-state index in [1.807, 2.05) is 0 Å². The third kappa shape index (κ3) is 7.23. The summed E-state index contributed by atoms with van der Waals surface area (Å²) in [6.07, 6.45) is 8.91. The van der Waals surface area contributed by atoms with Gasteiger partial charge >= 0.3 is 7.12 Å². The minimum atomic E-state index is -1.41. The molecule has 0 fully saturated rings. The smallest absolute Gasteiger partial charge is 0.488 e. The highest BCUT2D eigenvalue weighted by Crippen LogP contribution is 2.10. The average molecular weight is 264 g/mol. The lowest BCUT2D eigenvalue weighted by atomic mass is 9.80. The third-order valence-electron chi connectivity index (χ3n) is 3.19. The van der Waals surface area contributed by atoms with Gasteiger partial charge in [0.2, 0.25) is 0 Å². The maximum Gasteiger partial charge on any atom is 0.488 e. The second kappa shape index (κ2) is 9.87. The molecule has 0 radical (unpaired) electrons. The molecule has 1 aromatic rings. The SMILES string of the molecule is CCCCCCCCCOc1ccc(B(O)O)cc1. The lowest BCUT2D eigenvalue weighted by Crippen LogP contribution is -2.29. The Bertz CT molecular complexity index is 325. The van der Waals surface area contributed by atoms with E-state index in [1.165, 1.54) is 38.5 Å². The van der Waals surface area contributed by atoms with Crippen LogP contribution >= 0.6 is 0 Å². The molecule has 0 saturated heterocycles. The lowest BCUT2D eigenvalue weighted by molar-refractivity contribution is 0.304. The Balaban J connectivity index is 2.06. The highest BCUT2D eigenvalue weighted by molar-refractivity contribution is 6.58. The molecule has 106 valence electrons. The van der Waals surface area contributed by atoms with E-state index in [0.29, 0.717) is 5.46 Å². The first-order valence-corrected chi connectivity index (χ1v) is 7.33. The van der Waals surface area contributed by atoms with E-state index in [-0.39, 0.29) is 0 Å². The zero-order valence-electron chi connectivity index (χ0n) is 11.8. The van der Waals surface area contributed by atoms with Gasteiger partial charge < -0.3 is 14.8 Å². The van der Waals surface area contributed by atoms with Crippen LogP contribution in [0.25, 0.3) is 0 Å². The first kappa shape index (κ1) is 16.1. The number of rotatable bonds is 10. The molecule has 0 atom stereocenters. The van der Waals surface area contributed by atoms with E-state index < -0.39 is 7.12 Å². The number of benzene rings is 1. The zero-order valence-corrected chi connectivity index (χ0v) is 11.8. The lowest BCUT2D eigenvalue weighted by Gasteiger charge is -2.07. The molecular formula is C15H25BO3. The fraction of sp³-hybridized carbons (Fsp3) is 0.600. The molecule has 2 N–H and O–H groups in total. The summed E-state index contributed by atoms with van der Waals surface area (Å²) in [5.74, 6) is 0.787. The summed E-state index contributed by atoms with van der Waals surface area (Å²) >= 11 is 0. The summed E-state index contributed by atoms with van der Waals surface area (Å²) < 4.78 is 5.61. The van der Waals surface area contributed by atoms with Crippen LogP contribution < -0.4 is 10.2 Å². The molecule has 1 rings (SSSR count). The Kier molecular flexibility index (Phi) is 8.35. The molecule has 0 aliphatic carbocycles. The van der Waals surface area contributed by atoms with Gasteiger partial charge in [-0.1, -0.05) is 57.6 Å². The Labute approximate surface area is 116 Å². The van der Waals surface area contributed by atoms with E-state index in [0.717, 1.165) is 18.8 Å². The van der Waals surface area contributed by atoms with E-state index >= 15 is 0 Å². The predicted molar refractivity (Wildman–Crippen MR) is 79.8 cm³/mol. The van der Waals surface area contributed by atoms with Gasteiger partial charge in [-0.15, -0.1) is 0 Å². The van der Waals surface area contributed by atoms with Crippen LogP contribution in [0.5, 0.6) is 5.75 Å². The van der Waals surface area contributed by atoms with Crippen molar-refractivity contribution in [3.63, 3.8) is 0 Å². The predicted octanol–water partition coefficient (Wildman–Crippen LogP) is 2.50. The van der Waals surface area contributed by atoms with Gasteiger partial charge in [0, 0.05) is 0 Å². The average Bonchev–Trinajstić information content (AvgIpc) is 2.42. The van der Waals surface area contributed by atoms with Crippen molar-refractivity contribution in [2.75, 3.05) is 6.61 Å². The standard InChI is InChI=1S/C15H25BO3/c1-2-3-4-5-6-7-8-13-19-15-11-9-14(10-12-15)16(17)18/h9-12,17-18H,2-8,13H2,1H3. The van der Waals surface area contributed by atoms with Gasteiger partial charge in [0.25, 0.3) is 0 Å². The second-order valence-electron chi connectivity index (χ2n) is 4.91. The summed E-state index contributed by atoms with van der Waals surface area (Å²) in [4.78, 5) is 0. The monoisotopic (exact) mass is 264 g/mol. The van der Waals surface area contributed by atoms with Crippen LogP contribution in [-0.4, -0.2) is 23.8 Å². The molecule has 0 bridgehead atoms. The first-order valence-electron chi connectivity index (χ1n) is 7.33. The summed E-state index contributed by atoms with van der Waals surface area (Å²) in [7, 11) is -1.41. The Morgan fingerprint density at radius 2 is 1.47 bits per heavy atom. The van der Waals surface area contributed by atoms with Crippen molar-refractivity contribution in [2.45, 2.75) is 51.9 Å². The van der Waals surface area contributed by atoms with Crippen LogP contribution in [0.4, 0.5) is 0 Å². The van der Waals surface area contributed by atoms with Gasteiger partial charge in [-0.3, -0.25) is 0 Å². The molecule has 0 aromatic heterocycles. The number of unbranched alkanes of at least 4 members (excludes halogenated alkanes) is 6.